The van der Waals surface area contributed by atoms with E-state index in [0.717, 1.165) is 22.3 Å². The third kappa shape index (κ3) is 4.34. The van der Waals surface area contributed by atoms with Crippen molar-refractivity contribution in [2.24, 2.45) is 5.10 Å². The summed E-state index contributed by atoms with van der Waals surface area (Å²) in [6.45, 7) is 6.34. The van der Waals surface area contributed by atoms with Crippen molar-refractivity contribution in [3.8, 4) is 0 Å². The molecule has 0 radical (unpaired) electrons. The standard InChI is InChI=1S/C26H24N4O2/c1-17-13-18(2)23(19(3)14-17)15-27-28-25(31)24-21-11-7-8-12-22(21)26(32)30(29-24)16-20-9-5-4-6-10-20/h4-15H,16H2,1-3H3,(H,28,31)/b27-15-. The molecule has 3 aromatic carbocycles. The van der Waals surface area contributed by atoms with Gasteiger partial charge in [-0.2, -0.15) is 10.2 Å². The maximum absolute atomic E-state index is 13.0. The average Bonchev–Trinajstić information content (AvgIpc) is 2.78. The molecule has 0 aliphatic carbocycles. The Morgan fingerprint density at radius 1 is 0.969 bits per heavy atom. The summed E-state index contributed by atoms with van der Waals surface area (Å²) >= 11 is 0. The fourth-order valence-electron chi connectivity index (χ4n) is 3.87. The lowest BCUT2D eigenvalue weighted by molar-refractivity contribution is 0.0949. The first-order valence-corrected chi connectivity index (χ1v) is 10.4. The van der Waals surface area contributed by atoms with Crippen LogP contribution in [0.5, 0.6) is 0 Å². The van der Waals surface area contributed by atoms with E-state index in [1.54, 1.807) is 30.5 Å². The molecule has 6 heteroatoms. The lowest BCUT2D eigenvalue weighted by Gasteiger charge is -2.10. The van der Waals surface area contributed by atoms with Crippen LogP contribution >= 0.6 is 0 Å². The fourth-order valence-corrected chi connectivity index (χ4v) is 3.87. The molecule has 0 fully saturated rings. The van der Waals surface area contributed by atoms with E-state index in [1.807, 2.05) is 51.1 Å². The van der Waals surface area contributed by atoms with E-state index in [4.69, 9.17) is 0 Å². The van der Waals surface area contributed by atoms with Crippen molar-refractivity contribution in [1.82, 2.24) is 15.2 Å². The summed E-state index contributed by atoms with van der Waals surface area (Å²) in [4.78, 5) is 25.9. The van der Waals surface area contributed by atoms with E-state index in [-0.39, 0.29) is 17.8 Å². The maximum atomic E-state index is 13.0. The minimum absolute atomic E-state index is 0.158. The SMILES string of the molecule is Cc1cc(C)c(/C=N\NC(=O)c2nn(Cc3ccccc3)c(=O)c3ccccc23)c(C)c1. The number of carbonyl (C=O) groups is 1. The van der Waals surface area contributed by atoms with Gasteiger partial charge in [0.1, 0.15) is 0 Å². The van der Waals surface area contributed by atoms with Crippen molar-refractivity contribution < 1.29 is 4.79 Å². The van der Waals surface area contributed by atoms with Gasteiger partial charge in [-0.25, -0.2) is 10.1 Å². The largest absolute Gasteiger partial charge is 0.292 e. The number of amides is 1. The van der Waals surface area contributed by atoms with Gasteiger partial charge in [-0.1, -0.05) is 66.2 Å². The van der Waals surface area contributed by atoms with Crippen LogP contribution in [0.4, 0.5) is 0 Å². The molecule has 4 rings (SSSR count). The van der Waals surface area contributed by atoms with Gasteiger partial charge in [0.05, 0.1) is 18.1 Å². The Morgan fingerprint density at radius 3 is 2.28 bits per heavy atom. The van der Waals surface area contributed by atoms with Gasteiger partial charge in [-0.15, -0.1) is 0 Å². The number of rotatable bonds is 5. The van der Waals surface area contributed by atoms with Crippen molar-refractivity contribution >= 4 is 22.9 Å². The summed E-state index contributed by atoms with van der Waals surface area (Å²) < 4.78 is 1.32. The van der Waals surface area contributed by atoms with Crippen molar-refractivity contribution in [2.75, 3.05) is 0 Å². The van der Waals surface area contributed by atoms with E-state index in [0.29, 0.717) is 10.8 Å². The number of fused-ring (bicyclic) bond motifs is 1. The molecule has 0 unspecified atom stereocenters. The topological polar surface area (TPSA) is 76.3 Å². The highest BCUT2D eigenvalue weighted by Crippen LogP contribution is 2.15. The van der Waals surface area contributed by atoms with Crippen LogP contribution in [0.1, 0.15) is 38.3 Å². The van der Waals surface area contributed by atoms with Gasteiger partial charge in [0.15, 0.2) is 5.69 Å². The first kappa shape index (κ1) is 21.2. The van der Waals surface area contributed by atoms with Crippen LogP contribution in [-0.2, 0) is 6.54 Å². The molecule has 0 spiro atoms. The van der Waals surface area contributed by atoms with Crippen molar-refractivity contribution in [3.63, 3.8) is 0 Å². The molecule has 32 heavy (non-hydrogen) atoms. The van der Waals surface area contributed by atoms with Gasteiger partial charge in [0.2, 0.25) is 0 Å². The number of hydrazone groups is 1. The summed E-state index contributed by atoms with van der Waals surface area (Å²) in [5.41, 5.74) is 7.72. The molecule has 0 atom stereocenters. The van der Waals surface area contributed by atoms with Crippen LogP contribution in [0.2, 0.25) is 0 Å². The molecule has 1 aromatic heterocycles. The van der Waals surface area contributed by atoms with Gasteiger partial charge in [0.25, 0.3) is 11.5 Å². The number of hydrogen-bond acceptors (Lipinski definition) is 4. The Morgan fingerprint density at radius 2 is 1.59 bits per heavy atom. The molecule has 0 saturated carbocycles. The Kier molecular flexibility index (Phi) is 5.94. The Balaban J connectivity index is 1.68. The number of nitrogens with one attached hydrogen (secondary N) is 1. The second kappa shape index (κ2) is 8.98. The van der Waals surface area contributed by atoms with E-state index in [1.165, 1.54) is 10.2 Å². The third-order valence-corrected chi connectivity index (χ3v) is 5.36. The van der Waals surface area contributed by atoms with Crippen LogP contribution in [0.3, 0.4) is 0 Å². The van der Waals surface area contributed by atoms with Crippen LogP contribution in [0, 0.1) is 20.8 Å². The quantitative estimate of drug-likeness (QED) is 0.387. The number of hydrogen-bond donors (Lipinski definition) is 1. The minimum Gasteiger partial charge on any atom is -0.267 e. The molecule has 0 saturated heterocycles. The normalized spacial score (nSPS) is 11.2. The van der Waals surface area contributed by atoms with Gasteiger partial charge in [0, 0.05) is 10.9 Å². The maximum Gasteiger partial charge on any atom is 0.292 e. The molecule has 6 nitrogen and oxygen atoms in total. The van der Waals surface area contributed by atoms with Crippen molar-refractivity contribution in [2.45, 2.75) is 27.3 Å². The average molecular weight is 425 g/mol. The molecular weight excluding hydrogens is 400 g/mol. The van der Waals surface area contributed by atoms with Gasteiger partial charge in [-0.05, 0) is 43.5 Å². The van der Waals surface area contributed by atoms with Crippen molar-refractivity contribution in [3.05, 3.63) is 111 Å². The highest BCUT2D eigenvalue weighted by molar-refractivity contribution is 6.05. The lowest BCUT2D eigenvalue weighted by atomic mass is 10.0. The molecule has 1 amide bonds. The fraction of sp³-hybridized carbons (Fsp3) is 0.154. The Hall–Kier alpha value is -4.06. The van der Waals surface area contributed by atoms with Crippen LogP contribution in [0.15, 0.2) is 76.6 Å². The highest BCUT2D eigenvalue weighted by atomic mass is 16.2. The van der Waals surface area contributed by atoms with E-state index in [9.17, 15) is 9.59 Å². The summed E-state index contributed by atoms with van der Waals surface area (Å²) in [6.07, 6.45) is 1.64. The highest BCUT2D eigenvalue weighted by Gasteiger charge is 2.16. The molecule has 0 bridgehead atoms. The zero-order chi connectivity index (χ0) is 22.7. The zero-order valence-electron chi connectivity index (χ0n) is 18.3. The van der Waals surface area contributed by atoms with Crippen LogP contribution < -0.4 is 11.0 Å². The summed E-state index contributed by atoms with van der Waals surface area (Å²) in [5.74, 6) is -0.471. The second-order valence-corrected chi connectivity index (χ2v) is 7.85. The predicted molar refractivity (Wildman–Crippen MR) is 127 cm³/mol. The van der Waals surface area contributed by atoms with E-state index >= 15 is 0 Å². The molecule has 4 aromatic rings. The Labute approximate surface area is 186 Å². The molecule has 1 N–H and O–H groups in total. The van der Waals surface area contributed by atoms with E-state index in [2.05, 4.69) is 27.8 Å². The molecule has 0 aliphatic heterocycles. The smallest absolute Gasteiger partial charge is 0.267 e. The number of nitrogens with zero attached hydrogens (tertiary/aromatic N) is 3. The number of aryl methyl sites for hydroxylation is 3. The summed E-state index contributed by atoms with van der Waals surface area (Å²) in [5, 5.41) is 9.49. The van der Waals surface area contributed by atoms with Crippen molar-refractivity contribution in [1.29, 1.82) is 0 Å². The number of aromatic nitrogens is 2. The third-order valence-electron chi connectivity index (χ3n) is 5.36. The number of carbonyl (C=O) groups excluding carboxylic acids is 1. The van der Waals surface area contributed by atoms with Gasteiger partial charge in [-0.3, -0.25) is 9.59 Å². The van der Waals surface area contributed by atoms with E-state index < -0.39 is 5.91 Å². The summed E-state index contributed by atoms with van der Waals surface area (Å²) in [7, 11) is 0. The lowest BCUT2D eigenvalue weighted by Crippen LogP contribution is -2.29. The van der Waals surface area contributed by atoms with Crippen LogP contribution in [0.25, 0.3) is 10.8 Å². The molecule has 0 aliphatic rings. The first-order chi connectivity index (χ1) is 15.4. The zero-order valence-corrected chi connectivity index (χ0v) is 18.3. The van der Waals surface area contributed by atoms with Gasteiger partial charge >= 0.3 is 0 Å². The Bertz CT molecular complexity index is 1370. The molecule has 160 valence electrons. The minimum atomic E-state index is -0.471. The monoisotopic (exact) mass is 424 g/mol. The van der Waals surface area contributed by atoms with Gasteiger partial charge < -0.3 is 0 Å². The number of benzene rings is 3. The second-order valence-electron chi connectivity index (χ2n) is 7.85. The first-order valence-electron chi connectivity index (χ1n) is 10.4. The molecular formula is C26H24N4O2. The summed E-state index contributed by atoms with van der Waals surface area (Å²) in [6, 6.07) is 20.7. The van der Waals surface area contributed by atoms with Crippen LogP contribution in [-0.4, -0.2) is 21.9 Å². The predicted octanol–water partition coefficient (Wildman–Crippen LogP) is 4.13. The molecule has 1 heterocycles.